The molecule has 7 aromatic carbocycles. The molecule has 8 unspecified atom stereocenters. The van der Waals surface area contributed by atoms with Crippen LogP contribution in [0.3, 0.4) is 0 Å². The van der Waals surface area contributed by atoms with E-state index in [1.165, 1.54) is 108 Å². The van der Waals surface area contributed by atoms with Gasteiger partial charge < -0.3 is 34.1 Å². The normalized spacial score (nSPS) is 25.0. The number of fused-ring (bicyclic) bond motifs is 3. The zero-order valence-electron chi connectivity index (χ0n) is 69.2. The molecular weight excluding hydrogens is 1910 g/mol. The van der Waals surface area contributed by atoms with E-state index < -0.39 is 7.12 Å². The first kappa shape index (κ1) is 102. The maximum Gasteiger partial charge on any atom is 0.458 e. The molecule has 0 aliphatic heterocycles. The third kappa shape index (κ3) is 28.9. The van der Waals surface area contributed by atoms with Crippen LogP contribution in [-0.4, -0.2) is 62.1 Å². The molecule has 14 rings (SSSR count). The Hall–Kier alpha value is -1.89. The number of benzene rings is 7. The molecule has 3 N–H and O–H groups in total. The van der Waals surface area contributed by atoms with E-state index in [1.54, 1.807) is 11.1 Å². The maximum absolute atomic E-state index is 9.43. The summed E-state index contributed by atoms with van der Waals surface area (Å²) in [6, 6.07) is 62.2. The summed E-state index contributed by atoms with van der Waals surface area (Å²) in [5.41, 5.74) is 19.4. The molecule has 0 bridgehead atoms. The number of rotatable bonds is 20. The Morgan fingerprint density at radius 3 is 1.04 bits per heavy atom. The van der Waals surface area contributed by atoms with Gasteiger partial charge in [-0.1, -0.05) is 375 Å². The van der Waals surface area contributed by atoms with Crippen LogP contribution in [0, 0.1) is 23.7 Å². The molecule has 0 saturated heterocycles. The molecule has 0 amide bonds. The molecule has 7 nitrogen and oxygen atoms in total. The molecule has 112 heavy (non-hydrogen) atoms. The van der Waals surface area contributed by atoms with Gasteiger partial charge in [-0.05, 0) is 234 Å². The van der Waals surface area contributed by atoms with Crippen LogP contribution >= 0.6 is 93.0 Å². The number of halogens is 5. The van der Waals surface area contributed by atoms with E-state index in [2.05, 4.69) is 306 Å². The van der Waals surface area contributed by atoms with Crippen LogP contribution in [-0.2, 0) is 125 Å². The molecule has 7 aliphatic rings. The van der Waals surface area contributed by atoms with E-state index in [4.69, 9.17) is 29.0 Å². The van der Waals surface area contributed by atoms with Crippen molar-refractivity contribution in [2.45, 2.75) is 276 Å². The van der Waals surface area contributed by atoms with E-state index in [1.807, 2.05) is 86.7 Å². The second-order valence-corrected chi connectivity index (χ2v) is 45.1. The number of alkyl halides is 3. The first-order valence-corrected chi connectivity index (χ1v) is 44.9. The van der Waals surface area contributed by atoms with Crippen LogP contribution in [0.2, 0.25) is 5.31 Å². The molecule has 4 saturated carbocycles. The predicted octanol–water partition coefficient (Wildman–Crippen LogP) is 27.0. The summed E-state index contributed by atoms with van der Waals surface area (Å²) in [5.74, 6) is 2.07. The fourth-order valence-electron chi connectivity index (χ4n) is 15.9. The monoisotopic (exact) mass is 2040 g/mol. The van der Waals surface area contributed by atoms with Gasteiger partial charge in [-0.25, -0.2) is 0 Å². The van der Waals surface area contributed by atoms with Crippen molar-refractivity contribution in [1.29, 1.82) is 0 Å². The molecule has 1 radical (unpaired) electrons. The van der Waals surface area contributed by atoms with Crippen LogP contribution in [0.15, 0.2) is 191 Å². The minimum absolute atomic E-state index is 0. The van der Waals surface area contributed by atoms with Gasteiger partial charge in [-0.2, -0.15) is 0 Å². The van der Waals surface area contributed by atoms with Crippen molar-refractivity contribution in [3.05, 3.63) is 258 Å². The van der Waals surface area contributed by atoms with Crippen molar-refractivity contribution in [1.82, 2.24) is 0 Å². The van der Waals surface area contributed by atoms with Crippen LogP contribution in [0.5, 0.6) is 0 Å². The van der Waals surface area contributed by atoms with Crippen LogP contribution in [0.1, 0.15) is 264 Å². The third-order valence-corrected chi connectivity index (χ3v) is 26.9. The summed E-state index contributed by atoms with van der Waals surface area (Å²) in [6.45, 7) is 45.4. The molecule has 0 heterocycles. The molecule has 7 aromatic rings. The smallest absolute Gasteiger partial charge is 0.427 e. The van der Waals surface area contributed by atoms with Gasteiger partial charge in [0.25, 0.3) is 0 Å². The molecule has 8 atom stereocenters. The van der Waals surface area contributed by atoms with E-state index in [0.29, 0.717) is 76.8 Å². The van der Waals surface area contributed by atoms with Crippen molar-refractivity contribution in [3.63, 3.8) is 0 Å². The average Bonchev–Trinajstić information content (AvgIpc) is 1.33. The second kappa shape index (κ2) is 44.6. The summed E-state index contributed by atoms with van der Waals surface area (Å²) in [7, 11) is -1.22. The van der Waals surface area contributed by atoms with Gasteiger partial charge in [0.05, 0.1) is 48.7 Å². The summed E-state index contributed by atoms with van der Waals surface area (Å²) in [6.07, 6.45) is 14.1. The molecule has 0 aromatic heterocycles. The Labute approximate surface area is 755 Å². The number of hydrogen-bond acceptors (Lipinski definition) is 7. The topological polar surface area (TPSA) is 97.6 Å². The first-order valence-electron chi connectivity index (χ1n) is 39.5. The zero-order chi connectivity index (χ0) is 79.2. The van der Waals surface area contributed by atoms with Crippen LogP contribution in [0.25, 0.3) is 0 Å². The maximum atomic E-state index is 9.43. The molecular formula is C97H136BBr3CuI2O7Zn. The van der Waals surface area contributed by atoms with Crippen molar-refractivity contribution in [3.8, 4) is 0 Å². The number of hydrogen-bond donors (Lipinski definition) is 3. The first-order chi connectivity index (χ1) is 50.8. The Bertz CT molecular complexity index is 3990. The van der Waals surface area contributed by atoms with Gasteiger partial charge in [0.2, 0.25) is 0 Å². The van der Waals surface area contributed by atoms with E-state index in [0.717, 1.165) is 49.3 Å². The van der Waals surface area contributed by atoms with Gasteiger partial charge in [0.1, 0.15) is 0 Å². The Balaban J connectivity index is 0.000000284. The number of allylic oxidation sites excluding steroid dienone is 1. The number of aliphatic hydroxyl groups excluding tert-OH is 1. The quantitative estimate of drug-likeness (QED) is 0.0303. The van der Waals surface area contributed by atoms with Gasteiger partial charge in [0.15, 0.2) is 0 Å². The van der Waals surface area contributed by atoms with Crippen LogP contribution < -0.4 is 0 Å². The minimum Gasteiger partial charge on any atom is -0.427 e. The molecule has 7 aliphatic carbocycles. The zero-order valence-corrected chi connectivity index (χ0v) is 82.2. The average molecular weight is 2050 g/mol. The molecule has 617 valence electrons. The van der Waals surface area contributed by atoms with Crippen molar-refractivity contribution in [2.24, 2.45) is 23.7 Å². The summed E-state index contributed by atoms with van der Waals surface area (Å²) in [4.78, 5) is 0. The van der Waals surface area contributed by atoms with Crippen LogP contribution in [0.4, 0.5) is 0 Å². The minimum atomic E-state index is -1.22. The molecule has 4 fully saturated rings. The summed E-state index contributed by atoms with van der Waals surface area (Å²) < 4.78 is 26.5. The Morgan fingerprint density at radius 1 is 0.429 bits per heavy atom. The second-order valence-electron chi connectivity index (χ2n) is 36.7. The fourth-order valence-corrected chi connectivity index (χ4v) is 16.9. The standard InChI is InChI=1S/C26H34O.C19H28O.C14H19Br.C12H17BO3.C12H15BrO.C11H13BrO.CH2I2.2CH4.Cu.Zn/c1-24(2)13-14-25(3,4)23-15-20(11-12-22(23)24)26(5)16-21(26)18-27-17-19-9-7-6-8-10-19;1-17(2)8-9-18(3,4)16-10-13(6-7-15(16)17)19(5)11-14(19)12-20;1-13(2)7-8-14(3,4)12-9-10(15)5-6-11(12)13;1-12(13(14)15)7-11(12)9-16-8-10-5-3-2-4-6-10;1-12(13)7-11(12)9-14-8-10-5-3-2-4-6-10;1-10(12)7-8-13-9-11-5-3-2-4-6-11;2-1-3;;;;/h6-12,15,21H,13-14,16-18H2,1-5H3;6-7,10,14,20H,8-9,11-12H2,1-5H3;5-6,9H,7-8H2,1-4H3;2-6,11,14-15H,7-9H2,1H3;2-6,11H,7-9H2,1H3;2-7H,8-9H2,1H3;1H2;2*1H4;;/b;;;;;10-7-;;;;;. The van der Waals surface area contributed by atoms with Gasteiger partial charge in [0, 0.05) is 63.9 Å². The van der Waals surface area contributed by atoms with E-state index in [-0.39, 0.29) is 84.3 Å². The van der Waals surface area contributed by atoms with Gasteiger partial charge in [-0.3, -0.25) is 0 Å². The summed E-state index contributed by atoms with van der Waals surface area (Å²) in [5, 5.41) is 27.4. The van der Waals surface area contributed by atoms with Crippen molar-refractivity contribution >= 4 is 100 Å². The Kier molecular flexibility index (Phi) is 40.8. The van der Waals surface area contributed by atoms with Gasteiger partial charge >= 0.3 is 7.12 Å². The predicted molar refractivity (Wildman–Crippen MR) is 496 cm³/mol. The van der Waals surface area contributed by atoms with Crippen molar-refractivity contribution in [2.75, 3.05) is 35.5 Å². The SMILES string of the molecule is C.C.C/C(Br)=C/COCc1ccccc1.CC1(B(O)O)CC1COCc1ccccc1.CC1(Br)CC1COCc1ccccc1.CC1(C)CCC(C)(C)c2cc(Br)ccc21.CC1(C)CCC(C)(C)c2cc(C3(C)CC3CO)ccc21.CC1(C)CCC(C)(C)c2cc(C3(C)CC3COCc3ccccc3)ccc21.ICI.[Cu].[Zn]. The van der Waals surface area contributed by atoms with Crippen molar-refractivity contribution < 1.29 is 70.6 Å². The fraction of sp³-hybridized carbons (Fsp3) is 0.546. The number of aliphatic hydroxyl groups is 1. The third-order valence-electron chi connectivity index (χ3n) is 25.2. The van der Waals surface area contributed by atoms with E-state index >= 15 is 0 Å². The summed E-state index contributed by atoms with van der Waals surface area (Å²) >= 11 is 15.1. The van der Waals surface area contributed by atoms with Gasteiger partial charge in [-0.15, -0.1) is 0 Å². The molecule has 0 spiro atoms. The van der Waals surface area contributed by atoms with E-state index in [9.17, 15) is 5.11 Å². The molecule has 15 heteroatoms. The largest absolute Gasteiger partial charge is 0.458 e. The Morgan fingerprint density at radius 2 is 0.723 bits per heavy atom. The number of ether oxygens (including phenoxy) is 4.